The van der Waals surface area contributed by atoms with Crippen LogP contribution >= 0.6 is 7.92 Å². The van der Waals surface area contributed by atoms with E-state index in [4.69, 9.17) is 0 Å². The molecule has 274 valence electrons. The standard InChI is InChI=1S/C24H23F4P.C12BF10/c1-12-7-14(3)22(15(4)8-12)29(23-16(5)9-13(2)10-17(23)6)24-20(27)18(25)11-19(26)21(24)28;14-3-1(4(15)8(19)11(22)7(3)18)13-2-5(16)9(20)12(23)10(21)6(2)17/h7-11H,1-6H3;/q;-1. The lowest BCUT2D eigenvalue weighted by molar-refractivity contribution is 0.382. The zero-order valence-corrected chi connectivity index (χ0v) is 28.6. The number of hydrogen-bond donors (Lipinski definition) is 0. The maximum absolute atomic E-state index is 15.0. The number of benzene rings is 5. The summed E-state index contributed by atoms with van der Waals surface area (Å²) in [5.74, 6) is -30.3. The van der Waals surface area contributed by atoms with Gasteiger partial charge in [-0.1, -0.05) is 35.4 Å². The lowest BCUT2D eigenvalue weighted by Gasteiger charge is -2.28. The summed E-state index contributed by atoms with van der Waals surface area (Å²) in [6.07, 6.45) is 0. The minimum atomic E-state index is -2.55. The second kappa shape index (κ2) is 15.3. The first-order valence-corrected chi connectivity index (χ1v) is 16.1. The quantitative estimate of drug-likeness (QED) is 0.0554. The zero-order valence-electron chi connectivity index (χ0n) is 27.7. The molecule has 5 aromatic rings. The third kappa shape index (κ3) is 7.29. The highest BCUT2D eigenvalue weighted by molar-refractivity contribution is 7.80. The molecule has 0 saturated carbocycles. The number of rotatable bonds is 5. The van der Waals surface area contributed by atoms with E-state index < -0.39 is 106 Å². The molecular weight excluding hydrogens is 740 g/mol. The van der Waals surface area contributed by atoms with Gasteiger partial charge in [0.1, 0.15) is 23.3 Å². The maximum Gasteiger partial charge on any atom is 0.200 e. The molecule has 0 saturated heterocycles. The van der Waals surface area contributed by atoms with Crippen molar-refractivity contribution < 1.29 is 61.5 Å². The molecule has 0 aromatic heterocycles. The van der Waals surface area contributed by atoms with Crippen LogP contribution in [0.25, 0.3) is 0 Å². The highest BCUT2D eigenvalue weighted by Gasteiger charge is 2.32. The van der Waals surface area contributed by atoms with Crippen LogP contribution < -0.4 is 26.8 Å². The van der Waals surface area contributed by atoms with Gasteiger partial charge in [-0.3, -0.25) is 0 Å². The smallest absolute Gasteiger partial charge is 0.200 e. The molecule has 5 rings (SSSR count). The predicted molar refractivity (Wildman–Crippen MR) is 171 cm³/mol. The van der Waals surface area contributed by atoms with Crippen molar-refractivity contribution in [2.24, 2.45) is 0 Å². The van der Waals surface area contributed by atoms with Crippen molar-refractivity contribution in [3.63, 3.8) is 0 Å². The Labute approximate surface area is 290 Å². The Morgan fingerprint density at radius 3 is 0.846 bits per heavy atom. The van der Waals surface area contributed by atoms with Gasteiger partial charge in [0, 0.05) is 6.07 Å². The predicted octanol–water partition coefficient (Wildman–Crippen LogP) is 8.58. The second-order valence-electron chi connectivity index (χ2n) is 11.8. The van der Waals surface area contributed by atoms with Crippen LogP contribution in [0.15, 0.2) is 30.3 Å². The van der Waals surface area contributed by atoms with Crippen molar-refractivity contribution in [3.05, 3.63) is 145 Å². The highest BCUT2D eigenvalue weighted by Crippen LogP contribution is 2.41. The van der Waals surface area contributed by atoms with Crippen LogP contribution in [-0.4, -0.2) is 7.28 Å². The molecule has 0 spiro atoms. The van der Waals surface area contributed by atoms with Gasteiger partial charge < -0.3 is 0 Å². The van der Waals surface area contributed by atoms with E-state index in [2.05, 4.69) is 0 Å². The van der Waals surface area contributed by atoms with Crippen LogP contribution in [0, 0.1) is 123 Å². The molecular formula is C36H23BF14P-. The molecule has 0 unspecified atom stereocenters. The average molecular weight is 763 g/mol. The first-order chi connectivity index (χ1) is 24.1. The van der Waals surface area contributed by atoms with Gasteiger partial charge in [-0.05, 0) is 82.3 Å². The molecule has 52 heavy (non-hydrogen) atoms. The third-order valence-electron chi connectivity index (χ3n) is 7.81. The summed E-state index contributed by atoms with van der Waals surface area (Å²) in [6, 6.07) is 8.00. The fourth-order valence-electron chi connectivity index (χ4n) is 5.78. The van der Waals surface area contributed by atoms with E-state index in [9.17, 15) is 61.5 Å². The summed E-state index contributed by atoms with van der Waals surface area (Å²) < 4.78 is 189. The van der Waals surface area contributed by atoms with Crippen molar-refractivity contribution >= 4 is 42.0 Å². The topological polar surface area (TPSA) is 0 Å². The van der Waals surface area contributed by atoms with Crippen LogP contribution in [0.2, 0.25) is 0 Å². The van der Waals surface area contributed by atoms with Crippen molar-refractivity contribution in [1.82, 2.24) is 0 Å². The Morgan fingerprint density at radius 2 is 0.577 bits per heavy atom. The van der Waals surface area contributed by atoms with Gasteiger partial charge in [-0.25, -0.2) is 68.7 Å². The Hall–Kier alpha value is -4.39. The molecule has 5 aromatic carbocycles. The van der Waals surface area contributed by atoms with Gasteiger partial charge in [-0.15, -0.1) is 0 Å². The van der Waals surface area contributed by atoms with E-state index >= 15 is 0 Å². The SMILES string of the molecule is Cc1cc(C)c(P(c2c(C)cc(C)cc2C)c2c(F)c(F)cc(F)c2F)c(C)c1.Fc1c(F)c(F)c([B-]c2c(F)c(F)c(F)c(F)c2F)c(F)c1F. The maximum atomic E-state index is 15.0. The zero-order chi connectivity index (χ0) is 39.3. The molecule has 0 fully saturated rings. The Kier molecular flexibility index (Phi) is 11.9. The lowest BCUT2D eigenvalue weighted by atomic mass is 9.62. The normalized spacial score (nSPS) is 11.3. The molecule has 0 aliphatic heterocycles. The van der Waals surface area contributed by atoms with Crippen LogP contribution in [0.4, 0.5) is 61.5 Å². The van der Waals surface area contributed by atoms with E-state index in [1.807, 2.05) is 65.8 Å². The van der Waals surface area contributed by atoms with Gasteiger partial charge in [0.15, 0.2) is 58.2 Å². The van der Waals surface area contributed by atoms with E-state index in [-0.39, 0.29) is 13.3 Å². The summed E-state index contributed by atoms with van der Waals surface area (Å²) >= 11 is 0. The lowest BCUT2D eigenvalue weighted by Crippen LogP contribution is -2.39. The van der Waals surface area contributed by atoms with Gasteiger partial charge in [0.05, 0.1) is 5.30 Å². The molecule has 0 amide bonds. The summed E-state index contributed by atoms with van der Waals surface area (Å²) in [4.78, 5) is 0. The van der Waals surface area contributed by atoms with Gasteiger partial charge in [0.2, 0.25) is 0 Å². The van der Waals surface area contributed by atoms with Crippen molar-refractivity contribution in [1.29, 1.82) is 0 Å². The van der Waals surface area contributed by atoms with Gasteiger partial charge in [-0.2, -0.15) is 10.9 Å². The third-order valence-corrected chi connectivity index (χ3v) is 11.0. The van der Waals surface area contributed by atoms with Gasteiger partial charge >= 0.3 is 0 Å². The Morgan fingerprint density at radius 1 is 0.327 bits per heavy atom. The molecule has 0 bridgehead atoms. The molecule has 0 aliphatic carbocycles. The fraction of sp³-hybridized carbons (Fsp3) is 0.167. The van der Waals surface area contributed by atoms with E-state index in [1.165, 1.54) is 0 Å². The van der Waals surface area contributed by atoms with Crippen molar-refractivity contribution in [2.45, 2.75) is 41.5 Å². The van der Waals surface area contributed by atoms with Crippen molar-refractivity contribution in [2.75, 3.05) is 0 Å². The molecule has 2 radical (unpaired) electrons. The van der Waals surface area contributed by atoms with Crippen LogP contribution in [0.1, 0.15) is 33.4 Å². The Balaban J connectivity index is 0.000000239. The largest absolute Gasteiger partial charge is 0.242 e. The molecule has 0 nitrogen and oxygen atoms in total. The van der Waals surface area contributed by atoms with Crippen molar-refractivity contribution in [3.8, 4) is 0 Å². The first kappa shape index (κ1) is 40.4. The molecule has 0 atom stereocenters. The van der Waals surface area contributed by atoms with Crippen LogP contribution in [0.3, 0.4) is 0 Å². The summed E-state index contributed by atoms with van der Waals surface area (Å²) in [5, 5.41) is 0.925. The summed E-state index contributed by atoms with van der Waals surface area (Å²) in [5.41, 5.74) is 1.69. The van der Waals surface area contributed by atoms with Gasteiger partial charge in [0.25, 0.3) is 0 Å². The number of halogens is 14. The monoisotopic (exact) mass is 763 g/mol. The Bertz CT molecular complexity index is 2000. The first-order valence-electron chi connectivity index (χ1n) is 14.8. The minimum Gasteiger partial charge on any atom is -0.242 e. The molecule has 16 heteroatoms. The van der Waals surface area contributed by atoms with Crippen LogP contribution in [-0.2, 0) is 0 Å². The molecule has 0 aliphatic rings. The summed E-state index contributed by atoms with van der Waals surface area (Å²) in [6.45, 7) is 11.4. The van der Waals surface area contributed by atoms with Crippen LogP contribution in [0.5, 0.6) is 0 Å². The molecule has 0 N–H and O–H groups in total. The second-order valence-corrected chi connectivity index (χ2v) is 13.8. The number of hydrogen-bond acceptors (Lipinski definition) is 0. The highest BCUT2D eigenvalue weighted by atomic mass is 31.1. The fourth-order valence-corrected chi connectivity index (χ4v) is 8.73. The van der Waals surface area contributed by atoms with E-state index in [0.29, 0.717) is 0 Å². The van der Waals surface area contributed by atoms with E-state index in [0.717, 1.165) is 44.0 Å². The van der Waals surface area contributed by atoms with E-state index in [1.54, 1.807) is 0 Å². The molecule has 0 heterocycles. The number of aryl methyl sites for hydroxylation is 6. The average Bonchev–Trinajstić information content (AvgIpc) is 3.06. The minimum absolute atomic E-state index is 0.269. The summed E-state index contributed by atoms with van der Waals surface area (Å²) in [7, 11) is -2.23.